The van der Waals surface area contributed by atoms with Crippen LogP contribution in [0, 0.1) is 24.1 Å². The van der Waals surface area contributed by atoms with Crippen molar-refractivity contribution in [2.24, 2.45) is 7.05 Å². The molecule has 0 bridgehead atoms. The normalized spacial score (nSPS) is 15.9. The SMILES string of the molecule is Cc1c([C@H]2Nc3ccccc3C(=O)N2c2ccc(F)cc2)cc(C#N)n1C. The van der Waals surface area contributed by atoms with Crippen LogP contribution in [0.2, 0.25) is 0 Å². The van der Waals surface area contributed by atoms with Gasteiger partial charge in [-0.15, -0.1) is 0 Å². The lowest BCUT2D eigenvalue weighted by Gasteiger charge is -2.38. The number of carbonyl (C=O) groups is 1. The van der Waals surface area contributed by atoms with Crippen LogP contribution in [-0.2, 0) is 7.05 Å². The van der Waals surface area contributed by atoms with Gasteiger partial charge in [-0.3, -0.25) is 9.69 Å². The summed E-state index contributed by atoms with van der Waals surface area (Å²) < 4.78 is 15.2. The molecule has 0 saturated carbocycles. The van der Waals surface area contributed by atoms with Crippen LogP contribution in [0.25, 0.3) is 0 Å². The Labute approximate surface area is 156 Å². The molecule has 0 aliphatic carbocycles. The number of nitrogens with zero attached hydrogens (tertiary/aromatic N) is 3. The van der Waals surface area contributed by atoms with Gasteiger partial charge in [-0.2, -0.15) is 5.26 Å². The molecule has 0 saturated heterocycles. The van der Waals surface area contributed by atoms with E-state index in [9.17, 15) is 14.4 Å². The number of carbonyl (C=O) groups excluding carboxylic acids is 1. The second-order valence-electron chi connectivity index (χ2n) is 6.49. The van der Waals surface area contributed by atoms with Gasteiger partial charge in [0.1, 0.15) is 23.7 Å². The van der Waals surface area contributed by atoms with Crippen LogP contribution in [0.1, 0.15) is 33.5 Å². The van der Waals surface area contributed by atoms with E-state index in [-0.39, 0.29) is 11.7 Å². The number of aromatic nitrogens is 1. The third-order valence-corrected chi connectivity index (χ3v) is 5.02. The highest BCUT2D eigenvalue weighted by molar-refractivity contribution is 6.12. The molecule has 3 aromatic rings. The molecule has 0 unspecified atom stereocenters. The molecule has 6 heteroatoms. The van der Waals surface area contributed by atoms with E-state index in [2.05, 4.69) is 11.4 Å². The van der Waals surface area contributed by atoms with Gasteiger partial charge in [0.05, 0.1) is 5.56 Å². The van der Waals surface area contributed by atoms with Crippen LogP contribution in [0.3, 0.4) is 0 Å². The summed E-state index contributed by atoms with van der Waals surface area (Å²) in [6.07, 6.45) is -0.508. The lowest BCUT2D eigenvalue weighted by atomic mass is 10.0. The summed E-state index contributed by atoms with van der Waals surface area (Å²) in [4.78, 5) is 14.9. The van der Waals surface area contributed by atoms with E-state index in [1.165, 1.54) is 12.1 Å². The van der Waals surface area contributed by atoms with E-state index in [0.717, 1.165) is 16.9 Å². The van der Waals surface area contributed by atoms with Crippen LogP contribution in [0.15, 0.2) is 54.6 Å². The molecule has 1 atom stereocenters. The standard InChI is InChI=1S/C21H17FN4O/c1-13-18(11-16(12-23)25(13)2)20-24-19-6-4-3-5-17(19)21(27)26(20)15-9-7-14(22)8-10-15/h3-11,20,24H,1-2H3/t20-/m0/s1. The minimum atomic E-state index is -0.508. The van der Waals surface area contributed by atoms with E-state index in [0.29, 0.717) is 16.9 Å². The number of para-hydroxylation sites is 1. The van der Waals surface area contributed by atoms with E-state index in [1.807, 2.05) is 32.2 Å². The monoisotopic (exact) mass is 360 g/mol. The van der Waals surface area contributed by atoms with Gasteiger partial charge in [0.2, 0.25) is 0 Å². The maximum Gasteiger partial charge on any atom is 0.262 e. The zero-order valence-electron chi connectivity index (χ0n) is 14.9. The molecule has 1 amide bonds. The predicted molar refractivity (Wildman–Crippen MR) is 101 cm³/mol. The quantitative estimate of drug-likeness (QED) is 0.748. The van der Waals surface area contributed by atoms with Gasteiger partial charge in [0.25, 0.3) is 5.91 Å². The highest BCUT2D eigenvalue weighted by Crippen LogP contribution is 2.38. The lowest BCUT2D eigenvalue weighted by molar-refractivity contribution is 0.0975. The fraction of sp³-hybridized carbons (Fsp3) is 0.143. The maximum absolute atomic E-state index is 13.4. The van der Waals surface area contributed by atoms with Crippen molar-refractivity contribution in [3.05, 3.63) is 82.9 Å². The molecule has 0 spiro atoms. The van der Waals surface area contributed by atoms with Crippen molar-refractivity contribution in [2.45, 2.75) is 13.1 Å². The van der Waals surface area contributed by atoms with E-state index in [4.69, 9.17) is 0 Å². The summed E-state index contributed by atoms with van der Waals surface area (Å²) >= 11 is 0. The lowest BCUT2D eigenvalue weighted by Crippen LogP contribution is -2.43. The first kappa shape index (κ1) is 16.9. The summed E-state index contributed by atoms with van der Waals surface area (Å²) in [5, 5.41) is 12.8. The van der Waals surface area contributed by atoms with Crippen LogP contribution >= 0.6 is 0 Å². The summed E-state index contributed by atoms with van der Waals surface area (Å²) in [6.45, 7) is 1.91. The zero-order valence-corrected chi connectivity index (χ0v) is 14.9. The van der Waals surface area contributed by atoms with Gasteiger partial charge in [-0.05, 0) is 49.4 Å². The van der Waals surface area contributed by atoms with Crippen LogP contribution in [0.5, 0.6) is 0 Å². The van der Waals surface area contributed by atoms with Gasteiger partial charge < -0.3 is 9.88 Å². The zero-order chi connectivity index (χ0) is 19.1. The number of hydrogen-bond donors (Lipinski definition) is 1. The van der Waals surface area contributed by atoms with E-state index in [1.54, 1.807) is 33.7 Å². The Morgan fingerprint density at radius 2 is 1.85 bits per heavy atom. The van der Waals surface area contributed by atoms with Crippen molar-refractivity contribution in [3.63, 3.8) is 0 Å². The van der Waals surface area contributed by atoms with Crippen molar-refractivity contribution in [2.75, 3.05) is 10.2 Å². The number of nitriles is 1. The summed E-state index contributed by atoms with van der Waals surface area (Å²) in [5.74, 6) is -0.543. The van der Waals surface area contributed by atoms with Crippen molar-refractivity contribution < 1.29 is 9.18 Å². The Balaban J connectivity index is 1.91. The molecule has 1 aromatic heterocycles. The smallest absolute Gasteiger partial charge is 0.262 e. The molecule has 2 heterocycles. The fourth-order valence-electron chi connectivity index (χ4n) is 3.45. The first-order valence-electron chi connectivity index (χ1n) is 8.52. The van der Waals surface area contributed by atoms with Crippen LogP contribution < -0.4 is 10.2 Å². The Kier molecular flexibility index (Phi) is 3.93. The fourth-order valence-corrected chi connectivity index (χ4v) is 3.45. The second kappa shape index (κ2) is 6.29. The van der Waals surface area contributed by atoms with Crippen molar-refractivity contribution in [3.8, 4) is 6.07 Å². The molecule has 4 rings (SSSR count). The van der Waals surface area contributed by atoms with Crippen molar-refractivity contribution in [1.82, 2.24) is 4.57 Å². The molecule has 27 heavy (non-hydrogen) atoms. The number of rotatable bonds is 2. The molecule has 0 radical (unpaired) electrons. The minimum absolute atomic E-state index is 0.178. The third-order valence-electron chi connectivity index (χ3n) is 5.02. The minimum Gasteiger partial charge on any atom is -0.360 e. The number of hydrogen-bond acceptors (Lipinski definition) is 3. The number of nitrogens with one attached hydrogen (secondary N) is 1. The van der Waals surface area contributed by atoms with Crippen LogP contribution in [0.4, 0.5) is 15.8 Å². The highest BCUT2D eigenvalue weighted by Gasteiger charge is 2.35. The molecular weight excluding hydrogens is 343 g/mol. The topological polar surface area (TPSA) is 61.1 Å². The summed E-state index contributed by atoms with van der Waals surface area (Å²) in [7, 11) is 1.82. The highest BCUT2D eigenvalue weighted by atomic mass is 19.1. The maximum atomic E-state index is 13.4. The average molecular weight is 360 g/mol. The van der Waals surface area contributed by atoms with Crippen molar-refractivity contribution in [1.29, 1.82) is 5.26 Å². The molecule has 1 N–H and O–H groups in total. The molecule has 5 nitrogen and oxygen atoms in total. The number of fused-ring (bicyclic) bond motifs is 1. The average Bonchev–Trinajstić information content (AvgIpc) is 2.97. The first-order chi connectivity index (χ1) is 13.0. The van der Waals surface area contributed by atoms with Gasteiger partial charge in [0.15, 0.2) is 0 Å². The number of anilines is 2. The second-order valence-corrected chi connectivity index (χ2v) is 6.49. The van der Waals surface area contributed by atoms with E-state index < -0.39 is 6.17 Å². The van der Waals surface area contributed by atoms with Gasteiger partial charge >= 0.3 is 0 Å². The van der Waals surface area contributed by atoms with Crippen molar-refractivity contribution >= 4 is 17.3 Å². The Bertz CT molecular complexity index is 1080. The molecule has 0 fully saturated rings. The first-order valence-corrected chi connectivity index (χ1v) is 8.52. The molecule has 134 valence electrons. The third kappa shape index (κ3) is 2.64. The van der Waals surface area contributed by atoms with Gasteiger partial charge in [-0.1, -0.05) is 12.1 Å². The number of halogens is 1. The summed E-state index contributed by atoms with van der Waals surface area (Å²) in [6, 6.07) is 17.1. The van der Waals surface area contributed by atoms with Gasteiger partial charge in [-0.25, -0.2) is 4.39 Å². The Hall–Kier alpha value is -3.59. The Morgan fingerprint density at radius 1 is 1.15 bits per heavy atom. The number of benzene rings is 2. The molecular formula is C21H17FN4O. The molecule has 2 aromatic carbocycles. The molecule has 1 aliphatic heterocycles. The Morgan fingerprint density at radius 3 is 2.52 bits per heavy atom. The largest absolute Gasteiger partial charge is 0.360 e. The van der Waals surface area contributed by atoms with Crippen LogP contribution in [-0.4, -0.2) is 10.5 Å². The van der Waals surface area contributed by atoms with Gasteiger partial charge in [0, 0.05) is 29.7 Å². The van der Waals surface area contributed by atoms with E-state index >= 15 is 0 Å². The molecule has 1 aliphatic rings. The summed E-state index contributed by atoms with van der Waals surface area (Å²) in [5.41, 5.74) is 4.06. The predicted octanol–water partition coefficient (Wildman–Crippen LogP) is 4.12. The number of amides is 1.